The summed E-state index contributed by atoms with van der Waals surface area (Å²) in [6, 6.07) is 17.1. The summed E-state index contributed by atoms with van der Waals surface area (Å²) in [7, 11) is 0. The van der Waals surface area contributed by atoms with Crippen LogP contribution >= 0.6 is 22.6 Å². The van der Waals surface area contributed by atoms with E-state index in [2.05, 4.69) is 17.4 Å². The number of benzene rings is 3. The van der Waals surface area contributed by atoms with Crippen molar-refractivity contribution < 1.29 is 27.9 Å². The summed E-state index contributed by atoms with van der Waals surface area (Å²) in [5.41, 5.74) is 7.59. The number of ether oxygens (including phenoxy) is 1. The van der Waals surface area contributed by atoms with Crippen LogP contribution in [0.5, 0.6) is 0 Å². The number of rotatable bonds is 9. The number of carbonyl (C=O) groups is 2. The van der Waals surface area contributed by atoms with Gasteiger partial charge in [-0.3, -0.25) is 14.4 Å². The quantitative estimate of drug-likeness (QED) is 0.144. The van der Waals surface area contributed by atoms with Gasteiger partial charge < -0.3 is 15.8 Å². The van der Waals surface area contributed by atoms with E-state index in [9.17, 15) is 18.4 Å². The first-order chi connectivity index (χ1) is 16.3. The molecule has 0 bridgehead atoms. The SMILES string of the molecule is C=COCCONC(=O)c1cccc(F)c1Nc1ccc(I)cc1F.NC(=O)c1ccccc1. The molecule has 0 fully saturated rings. The Morgan fingerprint density at radius 2 is 1.74 bits per heavy atom. The van der Waals surface area contributed by atoms with Gasteiger partial charge in [0.2, 0.25) is 5.91 Å². The number of carbonyl (C=O) groups excluding carboxylic acids is 2. The zero-order valence-electron chi connectivity index (χ0n) is 17.9. The Hall–Kier alpha value is -3.51. The Kier molecular flexibility index (Phi) is 10.9. The molecule has 3 aromatic carbocycles. The van der Waals surface area contributed by atoms with Gasteiger partial charge in [0, 0.05) is 9.13 Å². The molecular weight excluding hydrogens is 559 g/mol. The number of para-hydroxylation sites is 1. The number of amides is 2. The van der Waals surface area contributed by atoms with E-state index < -0.39 is 17.5 Å². The molecule has 178 valence electrons. The molecule has 10 heteroatoms. The fourth-order valence-corrected chi connectivity index (χ4v) is 2.97. The van der Waals surface area contributed by atoms with E-state index in [1.54, 1.807) is 30.3 Å². The molecule has 0 unspecified atom stereocenters. The molecule has 0 aliphatic carbocycles. The minimum Gasteiger partial charge on any atom is -0.499 e. The number of hydrogen-bond donors (Lipinski definition) is 3. The number of halogens is 3. The van der Waals surface area contributed by atoms with Gasteiger partial charge in [-0.25, -0.2) is 14.3 Å². The predicted molar refractivity (Wildman–Crippen MR) is 133 cm³/mol. The third-order valence-electron chi connectivity index (χ3n) is 4.09. The van der Waals surface area contributed by atoms with Crippen LogP contribution in [0.25, 0.3) is 0 Å². The summed E-state index contributed by atoms with van der Waals surface area (Å²) < 4.78 is 33.7. The molecule has 0 spiro atoms. The number of nitrogens with one attached hydrogen (secondary N) is 2. The van der Waals surface area contributed by atoms with Gasteiger partial charge in [0.15, 0.2) is 0 Å². The fraction of sp³-hybridized carbons (Fsp3) is 0.0833. The van der Waals surface area contributed by atoms with Gasteiger partial charge in [-0.2, -0.15) is 0 Å². The maximum atomic E-state index is 14.2. The average Bonchev–Trinajstić information content (AvgIpc) is 2.82. The summed E-state index contributed by atoms with van der Waals surface area (Å²) in [6.07, 6.45) is 1.25. The standard InChI is InChI=1S/C17H15F2IN2O3.C7H7NO/c1-2-24-8-9-25-22-17(23)12-4-3-5-13(18)16(12)21-15-7-6-11(20)10-14(15)19;8-7(9)6-4-2-1-3-5-6/h2-7,10,21H,1,8-9H2,(H,22,23);1-5H,(H2,8,9). The lowest BCUT2D eigenvalue weighted by Gasteiger charge is -2.14. The van der Waals surface area contributed by atoms with E-state index >= 15 is 0 Å². The van der Waals surface area contributed by atoms with E-state index in [1.807, 2.05) is 28.7 Å². The largest absolute Gasteiger partial charge is 0.499 e. The second-order valence-electron chi connectivity index (χ2n) is 6.46. The van der Waals surface area contributed by atoms with Crippen molar-refractivity contribution in [2.45, 2.75) is 0 Å². The molecule has 4 N–H and O–H groups in total. The average molecular weight is 581 g/mol. The molecule has 0 saturated carbocycles. The third-order valence-corrected chi connectivity index (χ3v) is 4.76. The lowest BCUT2D eigenvalue weighted by molar-refractivity contribution is 0.0145. The first-order valence-electron chi connectivity index (χ1n) is 9.83. The Morgan fingerprint density at radius 3 is 2.35 bits per heavy atom. The van der Waals surface area contributed by atoms with Gasteiger partial charge >= 0.3 is 0 Å². The highest BCUT2D eigenvalue weighted by Gasteiger charge is 2.17. The van der Waals surface area contributed by atoms with Crippen molar-refractivity contribution in [3.05, 3.63) is 106 Å². The highest BCUT2D eigenvalue weighted by Crippen LogP contribution is 2.27. The van der Waals surface area contributed by atoms with Gasteiger partial charge in [0.25, 0.3) is 5.91 Å². The Balaban J connectivity index is 0.000000379. The van der Waals surface area contributed by atoms with Gasteiger partial charge in [-0.05, 0) is 65.1 Å². The van der Waals surface area contributed by atoms with Crippen molar-refractivity contribution in [1.29, 1.82) is 0 Å². The van der Waals surface area contributed by atoms with Crippen molar-refractivity contribution in [2.75, 3.05) is 18.5 Å². The summed E-state index contributed by atoms with van der Waals surface area (Å²) in [5, 5.41) is 2.62. The van der Waals surface area contributed by atoms with Crippen LogP contribution in [0.15, 0.2) is 79.6 Å². The minimum atomic E-state index is -0.694. The van der Waals surface area contributed by atoms with Gasteiger partial charge in [-0.15, -0.1) is 0 Å². The molecule has 0 saturated heterocycles. The molecule has 0 atom stereocenters. The molecule has 0 heterocycles. The van der Waals surface area contributed by atoms with Crippen LogP contribution in [0.3, 0.4) is 0 Å². The molecule has 3 rings (SSSR count). The van der Waals surface area contributed by atoms with Crippen molar-refractivity contribution in [3.63, 3.8) is 0 Å². The second-order valence-corrected chi connectivity index (χ2v) is 7.70. The highest BCUT2D eigenvalue weighted by atomic mass is 127. The smallest absolute Gasteiger partial charge is 0.277 e. The first-order valence-corrected chi connectivity index (χ1v) is 10.9. The lowest BCUT2D eigenvalue weighted by atomic mass is 10.1. The van der Waals surface area contributed by atoms with Crippen LogP contribution in [-0.4, -0.2) is 25.0 Å². The normalized spacial score (nSPS) is 9.85. The maximum Gasteiger partial charge on any atom is 0.277 e. The fourth-order valence-electron chi connectivity index (χ4n) is 2.51. The van der Waals surface area contributed by atoms with Crippen LogP contribution in [0.4, 0.5) is 20.2 Å². The van der Waals surface area contributed by atoms with E-state index in [0.29, 0.717) is 9.13 Å². The summed E-state index contributed by atoms with van der Waals surface area (Å²) >= 11 is 1.96. The van der Waals surface area contributed by atoms with E-state index in [-0.39, 0.29) is 36.1 Å². The summed E-state index contributed by atoms with van der Waals surface area (Å²) in [4.78, 5) is 27.5. The van der Waals surface area contributed by atoms with Crippen molar-refractivity contribution >= 4 is 45.8 Å². The van der Waals surface area contributed by atoms with Gasteiger partial charge in [-0.1, -0.05) is 30.8 Å². The molecule has 0 aliphatic rings. The lowest BCUT2D eigenvalue weighted by Crippen LogP contribution is -2.26. The van der Waals surface area contributed by atoms with Gasteiger partial charge in [0.1, 0.15) is 24.8 Å². The van der Waals surface area contributed by atoms with E-state index in [4.69, 9.17) is 15.3 Å². The molecule has 2 amide bonds. The Bertz CT molecular complexity index is 1130. The maximum absolute atomic E-state index is 14.2. The zero-order chi connectivity index (χ0) is 24.9. The molecule has 0 aliphatic heterocycles. The van der Waals surface area contributed by atoms with Crippen molar-refractivity contribution in [2.24, 2.45) is 5.73 Å². The highest BCUT2D eigenvalue weighted by molar-refractivity contribution is 14.1. The van der Waals surface area contributed by atoms with Crippen molar-refractivity contribution in [3.8, 4) is 0 Å². The minimum absolute atomic E-state index is 0.0254. The summed E-state index contributed by atoms with van der Waals surface area (Å²) in [5.74, 6) is -2.30. The topological polar surface area (TPSA) is 103 Å². The first kappa shape index (κ1) is 26.7. The number of hydroxylamine groups is 1. The van der Waals surface area contributed by atoms with Gasteiger partial charge in [0.05, 0.1) is 23.2 Å². The van der Waals surface area contributed by atoms with Crippen LogP contribution < -0.4 is 16.5 Å². The molecule has 7 nitrogen and oxygen atoms in total. The summed E-state index contributed by atoms with van der Waals surface area (Å²) in [6.45, 7) is 3.65. The number of hydrogen-bond acceptors (Lipinski definition) is 5. The number of primary amides is 1. The second kappa shape index (κ2) is 13.9. The molecular formula is C24H22F2IN3O4. The van der Waals surface area contributed by atoms with E-state index in [1.165, 1.54) is 36.6 Å². The van der Waals surface area contributed by atoms with Crippen LogP contribution in [0.1, 0.15) is 20.7 Å². The van der Waals surface area contributed by atoms with E-state index in [0.717, 1.165) is 0 Å². The zero-order valence-corrected chi connectivity index (χ0v) is 20.1. The predicted octanol–water partition coefficient (Wildman–Crippen LogP) is 4.92. The third kappa shape index (κ3) is 8.45. The molecule has 0 radical (unpaired) electrons. The molecule has 3 aromatic rings. The van der Waals surface area contributed by atoms with Crippen LogP contribution in [0, 0.1) is 15.2 Å². The Morgan fingerprint density at radius 1 is 1.00 bits per heavy atom. The number of nitrogens with two attached hydrogens (primary N) is 1. The monoisotopic (exact) mass is 581 g/mol. The van der Waals surface area contributed by atoms with Crippen molar-refractivity contribution in [1.82, 2.24) is 5.48 Å². The number of anilines is 2. The van der Waals surface area contributed by atoms with Crippen LogP contribution in [0.2, 0.25) is 0 Å². The Labute approximate surface area is 209 Å². The van der Waals surface area contributed by atoms with Crippen LogP contribution in [-0.2, 0) is 9.57 Å². The molecule has 34 heavy (non-hydrogen) atoms. The molecule has 0 aromatic heterocycles.